The van der Waals surface area contributed by atoms with Crippen LogP contribution in [0.5, 0.6) is 0 Å². The van der Waals surface area contributed by atoms with Crippen LogP contribution in [0.2, 0.25) is 0 Å². The van der Waals surface area contributed by atoms with Gasteiger partial charge < -0.3 is 11.1 Å². The summed E-state index contributed by atoms with van der Waals surface area (Å²) in [6.45, 7) is 2.12. The van der Waals surface area contributed by atoms with Gasteiger partial charge in [-0.05, 0) is 19.9 Å². The van der Waals surface area contributed by atoms with Crippen molar-refractivity contribution >= 4 is 15.7 Å². The minimum absolute atomic E-state index is 0.130. The van der Waals surface area contributed by atoms with E-state index in [1.54, 1.807) is 6.92 Å². The molecule has 0 spiro atoms. The van der Waals surface area contributed by atoms with E-state index in [0.717, 1.165) is 0 Å². The summed E-state index contributed by atoms with van der Waals surface area (Å²) in [6, 6.07) is -0.403. The molecular formula is C7H16N2O3S. The van der Waals surface area contributed by atoms with E-state index in [1.165, 1.54) is 6.26 Å². The van der Waals surface area contributed by atoms with Gasteiger partial charge in [-0.2, -0.15) is 0 Å². The fourth-order valence-electron chi connectivity index (χ4n) is 0.754. The Labute approximate surface area is 78.6 Å². The van der Waals surface area contributed by atoms with Crippen molar-refractivity contribution in [3.63, 3.8) is 0 Å². The van der Waals surface area contributed by atoms with Gasteiger partial charge in [0.2, 0.25) is 5.91 Å². The Balaban J connectivity index is 3.53. The van der Waals surface area contributed by atoms with Crippen molar-refractivity contribution in [3.05, 3.63) is 0 Å². The molecule has 0 saturated carbocycles. The monoisotopic (exact) mass is 208 g/mol. The Bertz CT molecular complexity index is 261. The third-order valence-corrected chi connectivity index (χ3v) is 2.60. The number of carbonyl (C=O) groups is 1. The highest BCUT2D eigenvalue weighted by Gasteiger charge is 2.07. The van der Waals surface area contributed by atoms with Crippen molar-refractivity contribution in [1.82, 2.24) is 5.32 Å². The fourth-order valence-corrected chi connectivity index (χ4v) is 1.42. The molecule has 1 unspecified atom stereocenters. The Hall–Kier alpha value is -0.620. The van der Waals surface area contributed by atoms with Gasteiger partial charge >= 0.3 is 0 Å². The van der Waals surface area contributed by atoms with Crippen molar-refractivity contribution in [3.8, 4) is 0 Å². The average molecular weight is 208 g/mol. The second-order valence-corrected chi connectivity index (χ2v) is 5.32. The quantitative estimate of drug-likeness (QED) is 0.541. The zero-order valence-electron chi connectivity index (χ0n) is 7.91. The highest BCUT2D eigenvalue weighted by Crippen LogP contribution is 1.88. The molecule has 0 radical (unpaired) electrons. The molecule has 0 bridgehead atoms. The van der Waals surface area contributed by atoms with Gasteiger partial charge in [-0.1, -0.05) is 0 Å². The van der Waals surface area contributed by atoms with Gasteiger partial charge in [-0.15, -0.1) is 0 Å². The molecule has 6 heteroatoms. The zero-order chi connectivity index (χ0) is 10.5. The largest absolute Gasteiger partial charge is 0.368 e. The third-order valence-electron chi connectivity index (χ3n) is 1.57. The minimum atomic E-state index is -2.90. The number of nitrogens with two attached hydrogens (primary N) is 1. The van der Waals surface area contributed by atoms with Crippen molar-refractivity contribution in [2.75, 3.05) is 18.6 Å². The second-order valence-electron chi connectivity index (χ2n) is 3.06. The van der Waals surface area contributed by atoms with Crippen molar-refractivity contribution in [1.29, 1.82) is 0 Å². The van der Waals surface area contributed by atoms with Crippen LogP contribution in [0.25, 0.3) is 0 Å². The van der Waals surface area contributed by atoms with Crippen LogP contribution in [0.1, 0.15) is 13.3 Å². The number of carbonyl (C=O) groups excluding carboxylic acids is 1. The van der Waals surface area contributed by atoms with Gasteiger partial charge in [0.1, 0.15) is 9.84 Å². The Morgan fingerprint density at radius 1 is 1.54 bits per heavy atom. The van der Waals surface area contributed by atoms with E-state index in [4.69, 9.17) is 5.73 Å². The molecule has 0 rings (SSSR count). The first-order valence-electron chi connectivity index (χ1n) is 4.03. The average Bonchev–Trinajstić information content (AvgIpc) is 1.95. The molecule has 0 aromatic heterocycles. The number of nitrogens with one attached hydrogen (secondary N) is 1. The van der Waals surface area contributed by atoms with Crippen molar-refractivity contribution in [2.24, 2.45) is 5.73 Å². The van der Waals surface area contributed by atoms with Crippen LogP contribution in [0.3, 0.4) is 0 Å². The predicted molar refractivity (Wildman–Crippen MR) is 51.0 cm³/mol. The molecule has 0 fully saturated rings. The lowest BCUT2D eigenvalue weighted by Crippen LogP contribution is -2.39. The van der Waals surface area contributed by atoms with Crippen LogP contribution in [0.4, 0.5) is 0 Å². The molecule has 78 valence electrons. The fraction of sp³-hybridized carbons (Fsp3) is 0.857. The molecule has 0 saturated heterocycles. The van der Waals surface area contributed by atoms with Crippen LogP contribution in [0.15, 0.2) is 0 Å². The molecular weight excluding hydrogens is 192 g/mol. The molecule has 13 heavy (non-hydrogen) atoms. The Morgan fingerprint density at radius 2 is 2.08 bits per heavy atom. The van der Waals surface area contributed by atoms with Gasteiger partial charge in [0, 0.05) is 6.26 Å². The molecule has 0 heterocycles. The summed E-state index contributed by atoms with van der Waals surface area (Å²) >= 11 is 0. The van der Waals surface area contributed by atoms with E-state index in [0.29, 0.717) is 13.0 Å². The first-order valence-corrected chi connectivity index (χ1v) is 6.09. The SMILES string of the molecule is CC(NCCCS(C)(=O)=O)C(N)=O. The van der Waals surface area contributed by atoms with Gasteiger partial charge in [-0.25, -0.2) is 8.42 Å². The Morgan fingerprint density at radius 3 is 2.46 bits per heavy atom. The normalized spacial score (nSPS) is 14.0. The topological polar surface area (TPSA) is 89.3 Å². The molecule has 1 atom stereocenters. The molecule has 0 aliphatic carbocycles. The first kappa shape index (κ1) is 12.4. The van der Waals surface area contributed by atoms with Gasteiger partial charge in [0.05, 0.1) is 11.8 Å². The molecule has 5 nitrogen and oxygen atoms in total. The summed E-state index contributed by atoms with van der Waals surface area (Å²) < 4.78 is 21.4. The predicted octanol–water partition coefficient (Wildman–Crippen LogP) is -1.12. The molecule has 0 aromatic carbocycles. The summed E-state index contributed by atoms with van der Waals surface area (Å²) in [4.78, 5) is 10.5. The lowest BCUT2D eigenvalue weighted by molar-refractivity contribution is -0.119. The summed E-state index contributed by atoms with van der Waals surface area (Å²) in [5, 5.41) is 2.82. The number of rotatable bonds is 6. The molecule has 1 amide bonds. The minimum Gasteiger partial charge on any atom is -0.368 e. The lowest BCUT2D eigenvalue weighted by atomic mass is 10.3. The smallest absolute Gasteiger partial charge is 0.234 e. The number of hydrogen-bond donors (Lipinski definition) is 2. The summed E-state index contributed by atoms with van der Waals surface area (Å²) in [6.07, 6.45) is 1.68. The maximum Gasteiger partial charge on any atom is 0.234 e. The van der Waals surface area contributed by atoms with Crippen molar-refractivity contribution in [2.45, 2.75) is 19.4 Å². The van der Waals surface area contributed by atoms with Crippen molar-refractivity contribution < 1.29 is 13.2 Å². The lowest BCUT2D eigenvalue weighted by Gasteiger charge is -2.08. The Kier molecular flexibility index (Phi) is 4.94. The highest BCUT2D eigenvalue weighted by atomic mass is 32.2. The molecule has 0 aromatic rings. The number of sulfone groups is 1. The standard InChI is InChI=1S/C7H16N2O3S/c1-6(7(8)10)9-4-3-5-13(2,11)12/h6,9H,3-5H2,1-2H3,(H2,8,10). The number of amides is 1. The zero-order valence-corrected chi connectivity index (χ0v) is 8.73. The first-order chi connectivity index (χ1) is 5.83. The summed E-state index contributed by atoms with van der Waals surface area (Å²) in [5.41, 5.74) is 4.98. The molecule has 3 N–H and O–H groups in total. The van der Waals surface area contributed by atoms with Gasteiger partial charge in [-0.3, -0.25) is 4.79 Å². The summed E-state index contributed by atoms with van der Waals surface area (Å²) in [7, 11) is -2.90. The van der Waals surface area contributed by atoms with Gasteiger partial charge in [0.25, 0.3) is 0 Å². The van der Waals surface area contributed by atoms with E-state index >= 15 is 0 Å². The summed E-state index contributed by atoms with van der Waals surface area (Å²) in [5.74, 6) is -0.301. The molecule has 0 aliphatic rings. The second kappa shape index (κ2) is 5.18. The highest BCUT2D eigenvalue weighted by molar-refractivity contribution is 7.90. The van der Waals surface area contributed by atoms with E-state index in [-0.39, 0.29) is 5.75 Å². The van der Waals surface area contributed by atoms with Crippen LogP contribution < -0.4 is 11.1 Å². The number of primary amides is 1. The third kappa shape index (κ3) is 7.73. The van der Waals surface area contributed by atoms with E-state index in [1.807, 2.05) is 0 Å². The number of hydrogen-bond acceptors (Lipinski definition) is 4. The van der Waals surface area contributed by atoms with E-state index in [2.05, 4.69) is 5.32 Å². The van der Waals surface area contributed by atoms with Gasteiger partial charge in [0.15, 0.2) is 0 Å². The van der Waals surface area contributed by atoms with E-state index in [9.17, 15) is 13.2 Å². The maximum atomic E-state index is 10.7. The van der Waals surface area contributed by atoms with Crippen LogP contribution in [0, 0.1) is 0 Å². The molecule has 0 aliphatic heterocycles. The van der Waals surface area contributed by atoms with E-state index < -0.39 is 21.8 Å². The maximum absolute atomic E-state index is 10.7. The van der Waals surface area contributed by atoms with Crippen LogP contribution >= 0.6 is 0 Å². The van der Waals surface area contributed by atoms with Crippen LogP contribution in [-0.4, -0.2) is 38.9 Å². The van der Waals surface area contributed by atoms with Crippen LogP contribution in [-0.2, 0) is 14.6 Å².